The molecule has 1 atom stereocenters. The Labute approximate surface area is 147 Å². The molecule has 25 heavy (non-hydrogen) atoms. The zero-order valence-corrected chi connectivity index (χ0v) is 15.0. The van der Waals surface area contributed by atoms with Gasteiger partial charge < -0.3 is 10.1 Å². The minimum Gasteiger partial charge on any atom is -0.494 e. The zero-order chi connectivity index (χ0) is 18.4. The second-order valence-corrected chi connectivity index (χ2v) is 6.50. The number of carbonyl (C=O) groups is 2. The number of amides is 3. The molecule has 138 valence electrons. The van der Waals surface area contributed by atoms with Crippen LogP contribution in [0.15, 0.2) is 18.2 Å². The fraction of sp³-hybridized carbons (Fsp3) is 0.556. The lowest BCUT2D eigenvalue weighted by Crippen LogP contribution is -2.50. The van der Waals surface area contributed by atoms with Crippen molar-refractivity contribution >= 4 is 11.9 Å². The van der Waals surface area contributed by atoms with Crippen molar-refractivity contribution in [2.24, 2.45) is 0 Å². The standard InChI is InChI=1S/C18H26FN3O3/c1-12(17(23)21-18(24)20-14-6-4-5-7-14)22(2)11-13-8-9-16(25-3)15(19)10-13/h8-10,12,14H,4-7,11H2,1-3H3,(H2,20,21,23,24). The molecular formula is C18H26FN3O3. The van der Waals surface area contributed by atoms with Crippen LogP contribution in [0, 0.1) is 5.82 Å². The van der Waals surface area contributed by atoms with Crippen molar-refractivity contribution in [3.63, 3.8) is 0 Å². The number of carbonyl (C=O) groups excluding carboxylic acids is 2. The molecule has 1 fully saturated rings. The summed E-state index contributed by atoms with van der Waals surface area (Å²) in [5.74, 6) is -0.644. The van der Waals surface area contributed by atoms with E-state index in [2.05, 4.69) is 10.6 Å². The highest BCUT2D eigenvalue weighted by atomic mass is 19.1. The number of urea groups is 1. The van der Waals surface area contributed by atoms with Gasteiger partial charge in [0.1, 0.15) is 0 Å². The molecule has 3 amide bonds. The van der Waals surface area contributed by atoms with Gasteiger partial charge in [0.05, 0.1) is 13.2 Å². The van der Waals surface area contributed by atoms with Crippen LogP contribution in [-0.4, -0.2) is 43.1 Å². The number of rotatable bonds is 6. The van der Waals surface area contributed by atoms with Gasteiger partial charge >= 0.3 is 6.03 Å². The first-order chi connectivity index (χ1) is 11.9. The van der Waals surface area contributed by atoms with Crippen LogP contribution in [0.4, 0.5) is 9.18 Å². The molecule has 2 N–H and O–H groups in total. The van der Waals surface area contributed by atoms with Crippen molar-refractivity contribution in [3.8, 4) is 5.75 Å². The number of halogens is 1. The molecule has 1 aliphatic rings. The van der Waals surface area contributed by atoms with Gasteiger partial charge in [-0.25, -0.2) is 9.18 Å². The molecular weight excluding hydrogens is 325 g/mol. The van der Waals surface area contributed by atoms with Crippen molar-refractivity contribution in [1.29, 1.82) is 0 Å². The second-order valence-electron chi connectivity index (χ2n) is 6.50. The highest BCUT2D eigenvalue weighted by Gasteiger charge is 2.23. The van der Waals surface area contributed by atoms with Gasteiger partial charge in [0.25, 0.3) is 0 Å². The molecule has 0 bridgehead atoms. The number of ether oxygens (including phenoxy) is 1. The molecule has 0 saturated heterocycles. The lowest BCUT2D eigenvalue weighted by molar-refractivity contribution is -0.124. The average Bonchev–Trinajstić information content (AvgIpc) is 3.06. The van der Waals surface area contributed by atoms with Crippen molar-refractivity contribution in [2.45, 2.75) is 51.2 Å². The quantitative estimate of drug-likeness (QED) is 0.826. The van der Waals surface area contributed by atoms with Crippen LogP contribution in [0.2, 0.25) is 0 Å². The first-order valence-corrected chi connectivity index (χ1v) is 8.54. The van der Waals surface area contributed by atoms with Crippen molar-refractivity contribution in [3.05, 3.63) is 29.6 Å². The predicted octanol–water partition coefficient (Wildman–Crippen LogP) is 2.42. The van der Waals surface area contributed by atoms with E-state index in [-0.39, 0.29) is 17.7 Å². The molecule has 0 spiro atoms. The molecule has 1 aromatic carbocycles. The van der Waals surface area contributed by atoms with Crippen LogP contribution < -0.4 is 15.4 Å². The Morgan fingerprint density at radius 3 is 2.64 bits per heavy atom. The molecule has 6 nitrogen and oxygen atoms in total. The van der Waals surface area contributed by atoms with Crippen LogP contribution >= 0.6 is 0 Å². The number of imide groups is 1. The summed E-state index contributed by atoms with van der Waals surface area (Å²) in [5, 5.41) is 5.20. The number of hydrogen-bond acceptors (Lipinski definition) is 4. The van der Waals surface area contributed by atoms with Crippen LogP contribution in [0.3, 0.4) is 0 Å². The van der Waals surface area contributed by atoms with Gasteiger partial charge in [-0.1, -0.05) is 18.9 Å². The summed E-state index contributed by atoms with van der Waals surface area (Å²) in [5.41, 5.74) is 0.718. The molecule has 1 aromatic rings. The van der Waals surface area contributed by atoms with Gasteiger partial charge in [-0.2, -0.15) is 0 Å². The Morgan fingerprint density at radius 2 is 2.04 bits per heavy atom. The molecule has 1 aliphatic carbocycles. The maximum absolute atomic E-state index is 13.8. The van der Waals surface area contributed by atoms with E-state index in [0.717, 1.165) is 31.2 Å². The van der Waals surface area contributed by atoms with E-state index in [1.54, 1.807) is 31.0 Å². The minimum absolute atomic E-state index is 0.156. The Morgan fingerprint density at radius 1 is 1.36 bits per heavy atom. The van der Waals surface area contributed by atoms with Gasteiger partial charge in [0.15, 0.2) is 11.6 Å². The largest absolute Gasteiger partial charge is 0.494 e. The van der Waals surface area contributed by atoms with Crippen molar-refractivity contribution < 1.29 is 18.7 Å². The normalized spacial score (nSPS) is 15.9. The zero-order valence-electron chi connectivity index (χ0n) is 15.0. The highest BCUT2D eigenvalue weighted by molar-refractivity contribution is 5.96. The average molecular weight is 351 g/mol. The van der Waals surface area contributed by atoms with E-state index < -0.39 is 17.9 Å². The smallest absolute Gasteiger partial charge is 0.321 e. The van der Waals surface area contributed by atoms with Crippen molar-refractivity contribution in [2.75, 3.05) is 14.2 Å². The Hall–Kier alpha value is -2.15. The van der Waals surface area contributed by atoms with Gasteiger partial charge in [0, 0.05) is 12.6 Å². The van der Waals surface area contributed by atoms with E-state index in [1.165, 1.54) is 13.2 Å². The monoisotopic (exact) mass is 351 g/mol. The molecule has 0 radical (unpaired) electrons. The van der Waals surface area contributed by atoms with Crippen LogP contribution in [0.25, 0.3) is 0 Å². The van der Waals surface area contributed by atoms with Crippen molar-refractivity contribution in [1.82, 2.24) is 15.5 Å². The third-order valence-corrected chi connectivity index (χ3v) is 4.62. The Bertz CT molecular complexity index is 618. The molecule has 0 aromatic heterocycles. The summed E-state index contributed by atoms with van der Waals surface area (Å²) in [6, 6.07) is 3.86. The van der Waals surface area contributed by atoms with E-state index in [0.29, 0.717) is 6.54 Å². The number of likely N-dealkylation sites (N-methyl/N-ethyl adjacent to an activating group) is 1. The Kier molecular flexibility index (Phi) is 6.75. The predicted molar refractivity (Wildman–Crippen MR) is 92.8 cm³/mol. The molecule has 1 unspecified atom stereocenters. The fourth-order valence-electron chi connectivity index (χ4n) is 2.94. The van der Waals surface area contributed by atoms with Crippen LogP contribution in [0.5, 0.6) is 5.75 Å². The minimum atomic E-state index is -0.528. The van der Waals surface area contributed by atoms with Crippen LogP contribution in [0.1, 0.15) is 38.2 Å². The molecule has 1 saturated carbocycles. The van der Waals surface area contributed by atoms with E-state index >= 15 is 0 Å². The number of methoxy groups -OCH3 is 1. The number of benzene rings is 1. The molecule has 0 heterocycles. The molecule has 2 rings (SSSR count). The summed E-state index contributed by atoms with van der Waals surface area (Å²) < 4.78 is 18.6. The third kappa shape index (κ3) is 5.42. The van der Waals surface area contributed by atoms with Gasteiger partial charge in [-0.3, -0.25) is 15.0 Å². The van der Waals surface area contributed by atoms with Gasteiger partial charge in [0.2, 0.25) is 5.91 Å². The number of nitrogens with zero attached hydrogens (tertiary/aromatic N) is 1. The van der Waals surface area contributed by atoms with Crippen LogP contribution in [-0.2, 0) is 11.3 Å². The maximum atomic E-state index is 13.8. The summed E-state index contributed by atoms with van der Waals surface area (Å²) in [4.78, 5) is 25.9. The first-order valence-electron chi connectivity index (χ1n) is 8.54. The summed E-state index contributed by atoms with van der Waals surface area (Å²) >= 11 is 0. The molecule has 0 aliphatic heterocycles. The van der Waals surface area contributed by atoms with E-state index in [1.807, 2.05) is 0 Å². The highest BCUT2D eigenvalue weighted by Crippen LogP contribution is 2.19. The number of nitrogens with one attached hydrogen (secondary N) is 2. The maximum Gasteiger partial charge on any atom is 0.321 e. The summed E-state index contributed by atoms with van der Waals surface area (Å²) in [6.07, 6.45) is 4.13. The summed E-state index contributed by atoms with van der Waals surface area (Å²) in [6.45, 7) is 2.08. The molecule has 7 heteroatoms. The van der Waals surface area contributed by atoms with E-state index in [4.69, 9.17) is 4.74 Å². The van der Waals surface area contributed by atoms with Gasteiger partial charge in [-0.15, -0.1) is 0 Å². The number of hydrogen-bond donors (Lipinski definition) is 2. The lowest BCUT2D eigenvalue weighted by Gasteiger charge is -2.24. The van der Waals surface area contributed by atoms with Gasteiger partial charge in [-0.05, 0) is 44.5 Å². The lowest BCUT2D eigenvalue weighted by atomic mass is 10.1. The first kappa shape index (κ1) is 19.2. The third-order valence-electron chi connectivity index (χ3n) is 4.62. The SMILES string of the molecule is COc1ccc(CN(C)C(C)C(=O)NC(=O)NC2CCCC2)cc1F. The second kappa shape index (κ2) is 8.80. The summed E-state index contributed by atoms with van der Waals surface area (Å²) in [7, 11) is 3.16. The fourth-order valence-corrected chi connectivity index (χ4v) is 2.94. The topological polar surface area (TPSA) is 70.7 Å². The Balaban J connectivity index is 1.85. The van der Waals surface area contributed by atoms with E-state index in [9.17, 15) is 14.0 Å².